The van der Waals surface area contributed by atoms with E-state index in [1.54, 1.807) is 18.4 Å². The van der Waals surface area contributed by atoms with E-state index in [-0.39, 0.29) is 6.10 Å². The molecule has 0 bridgehead atoms. The molecule has 0 radical (unpaired) electrons. The summed E-state index contributed by atoms with van der Waals surface area (Å²) >= 11 is 1.69. The van der Waals surface area contributed by atoms with Crippen LogP contribution in [0.5, 0.6) is 0 Å². The largest absolute Gasteiger partial charge is 0.370 e. The van der Waals surface area contributed by atoms with Crippen LogP contribution in [0.3, 0.4) is 0 Å². The van der Waals surface area contributed by atoms with Crippen molar-refractivity contribution >= 4 is 11.3 Å². The lowest BCUT2D eigenvalue weighted by Crippen LogP contribution is -2.13. The SMILES string of the molecule is COC(c1ccccc1)c1nc(C2CCCN2)cs1. The van der Waals surface area contributed by atoms with Crippen LogP contribution in [0, 0.1) is 0 Å². The first kappa shape index (κ1) is 12.8. The lowest BCUT2D eigenvalue weighted by Gasteiger charge is -2.13. The standard InChI is InChI=1S/C15H18N2OS/c1-18-14(11-6-3-2-4-7-11)15-17-13(10-19-15)12-8-5-9-16-12/h2-4,6-7,10,12,14,16H,5,8-9H2,1H3. The van der Waals surface area contributed by atoms with Crippen molar-refractivity contribution in [2.75, 3.05) is 13.7 Å². The molecule has 1 aliphatic heterocycles. The molecule has 1 fully saturated rings. The molecule has 100 valence electrons. The Morgan fingerprint density at radius 1 is 1.37 bits per heavy atom. The van der Waals surface area contributed by atoms with E-state index < -0.39 is 0 Å². The van der Waals surface area contributed by atoms with Gasteiger partial charge in [-0.3, -0.25) is 0 Å². The fraction of sp³-hybridized carbons (Fsp3) is 0.400. The molecule has 3 nitrogen and oxygen atoms in total. The molecule has 0 amide bonds. The minimum atomic E-state index is -0.0543. The van der Waals surface area contributed by atoms with E-state index in [0.717, 1.165) is 22.8 Å². The second kappa shape index (κ2) is 5.82. The fourth-order valence-electron chi connectivity index (χ4n) is 2.53. The first-order valence-corrected chi connectivity index (χ1v) is 7.53. The summed E-state index contributed by atoms with van der Waals surface area (Å²) in [6.45, 7) is 1.10. The van der Waals surface area contributed by atoms with Crippen LogP contribution in [0.1, 0.15) is 41.3 Å². The molecule has 2 heterocycles. The Morgan fingerprint density at radius 3 is 2.89 bits per heavy atom. The summed E-state index contributed by atoms with van der Waals surface area (Å²) in [7, 11) is 1.74. The van der Waals surface area contributed by atoms with Crippen molar-refractivity contribution in [2.45, 2.75) is 25.0 Å². The Morgan fingerprint density at radius 2 is 2.21 bits per heavy atom. The Labute approximate surface area is 117 Å². The molecular formula is C15H18N2OS. The molecule has 1 aliphatic rings. The van der Waals surface area contributed by atoms with Crippen molar-refractivity contribution in [3.8, 4) is 0 Å². The van der Waals surface area contributed by atoms with Crippen molar-refractivity contribution < 1.29 is 4.74 Å². The second-order valence-electron chi connectivity index (χ2n) is 4.79. The van der Waals surface area contributed by atoms with Crippen LogP contribution in [0.4, 0.5) is 0 Å². The summed E-state index contributed by atoms with van der Waals surface area (Å²) in [6.07, 6.45) is 2.37. The normalized spacial score (nSPS) is 20.6. The van der Waals surface area contributed by atoms with Gasteiger partial charge in [0.15, 0.2) is 0 Å². The van der Waals surface area contributed by atoms with E-state index in [1.807, 2.05) is 18.2 Å². The lowest BCUT2D eigenvalue weighted by atomic mass is 10.1. The number of hydrogen-bond acceptors (Lipinski definition) is 4. The minimum absolute atomic E-state index is 0.0543. The number of methoxy groups -OCH3 is 1. The molecular weight excluding hydrogens is 256 g/mol. The Bertz CT molecular complexity index is 520. The van der Waals surface area contributed by atoms with Gasteiger partial charge in [0, 0.05) is 12.5 Å². The number of hydrogen-bond donors (Lipinski definition) is 1. The zero-order chi connectivity index (χ0) is 13.1. The van der Waals surface area contributed by atoms with Gasteiger partial charge < -0.3 is 10.1 Å². The van der Waals surface area contributed by atoms with E-state index in [1.165, 1.54) is 12.8 Å². The Balaban J connectivity index is 1.84. The summed E-state index contributed by atoms with van der Waals surface area (Å²) in [5.74, 6) is 0. The molecule has 1 aromatic carbocycles. The van der Waals surface area contributed by atoms with Gasteiger partial charge in [-0.15, -0.1) is 11.3 Å². The third kappa shape index (κ3) is 2.71. The highest BCUT2D eigenvalue weighted by atomic mass is 32.1. The fourth-order valence-corrected chi connectivity index (χ4v) is 3.50. The van der Waals surface area contributed by atoms with Crippen LogP contribution < -0.4 is 5.32 Å². The molecule has 4 heteroatoms. The highest BCUT2D eigenvalue weighted by molar-refractivity contribution is 7.09. The smallest absolute Gasteiger partial charge is 0.134 e. The van der Waals surface area contributed by atoms with Gasteiger partial charge in [-0.05, 0) is 24.9 Å². The molecule has 0 spiro atoms. The maximum absolute atomic E-state index is 5.63. The molecule has 2 atom stereocenters. The number of nitrogens with zero attached hydrogens (tertiary/aromatic N) is 1. The van der Waals surface area contributed by atoms with E-state index in [2.05, 4.69) is 22.8 Å². The number of nitrogens with one attached hydrogen (secondary N) is 1. The van der Waals surface area contributed by atoms with Crippen molar-refractivity contribution in [1.82, 2.24) is 10.3 Å². The van der Waals surface area contributed by atoms with Crippen molar-refractivity contribution in [3.63, 3.8) is 0 Å². The molecule has 1 aromatic heterocycles. The van der Waals surface area contributed by atoms with Crippen LogP contribution in [-0.2, 0) is 4.74 Å². The Kier molecular flexibility index (Phi) is 3.92. The topological polar surface area (TPSA) is 34.1 Å². The summed E-state index contributed by atoms with van der Waals surface area (Å²) in [6, 6.07) is 10.7. The third-order valence-electron chi connectivity index (χ3n) is 3.52. The predicted octanol–water partition coefficient (Wildman–Crippen LogP) is 3.30. The molecule has 1 N–H and O–H groups in total. The predicted molar refractivity (Wildman–Crippen MR) is 77.4 cm³/mol. The molecule has 3 rings (SSSR count). The maximum atomic E-state index is 5.63. The van der Waals surface area contributed by atoms with Crippen molar-refractivity contribution in [3.05, 3.63) is 52.0 Å². The van der Waals surface area contributed by atoms with Gasteiger partial charge in [0.1, 0.15) is 11.1 Å². The number of ether oxygens (including phenoxy) is 1. The molecule has 19 heavy (non-hydrogen) atoms. The van der Waals surface area contributed by atoms with Gasteiger partial charge in [-0.1, -0.05) is 30.3 Å². The van der Waals surface area contributed by atoms with Gasteiger partial charge in [-0.25, -0.2) is 4.98 Å². The van der Waals surface area contributed by atoms with Crippen molar-refractivity contribution in [2.24, 2.45) is 0 Å². The number of benzene rings is 1. The molecule has 0 aliphatic carbocycles. The number of aromatic nitrogens is 1. The zero-order valence-electron chi connectivity index (χ0n) is 11.0. The van der Waals surface area contributed by atoms with Gasteiger partial charge in [-0.2, -0.15) is 0 Å². The molecule has 0 saturated carbocycles. The summed E-state index contributed by atoms with van der Waals surface area (Å²) in [4.78, 5) is 4.77. The zero-order valence-corrected chi connectivity index (χ0v) is 11.8. The van der Waals surface area contributed by atoms with E-state index in [0.29, 0.717) is 6.04 Å². The molecule has 2 unspecified atom stereocenters. The average Bonchev–Trinajstić information content (AvgIpc) is 3.11. The van der Waals surface area contributed by atoms with Crippen LogP contribution >= 0.6 is 11.3 Å². The van der Waals surface area contributed by atoms with Gasteiger partial charge in [0.25, 0.3) is 0 Å². The number of thiazole rings is 1. The highest BCUT2D eigenvalue weighted by Gasteiger charge is 2.22. The minimum Gasteiger partial charge on any atom is -0.370 e. The van der Waals surface area contributed by atoms with Crippen LogP contribution in [0.25, 0.3) is 0 Å². The molecule has 2 aromatic rings. The van der Waals surface area contributed by atoms with E-state index in [9.17, 15) is 0 Å². The number of rotatable bonds is 4. The van der Waals surface area contributed by atoms with E-state index in [4.69, 9.17) is 9.72 Å². The van der Waals surface area contributed by atoms with Gasteiger partial charge in [0.2, 0.25) is 0 Å². The van der Waals surface area contributed by atoms with Crippen molar-refractivity contribution in [1.29, 1.82) is 0 Å². The quantitative estimate of drug-likeness (QED) is 0.929. The van der Waals surface area contributed by atoms with Crippen LogP contribution in [0.15, 0.2) is 35.7 Å². The Hall–Kier alpha value is -1.23. The summed E-state index contributed by atoms with van der Waals surface area (Å²) in [5.41, 5.74) is 2.32. The van der Waals surface area contributed by atoms with E-state index >= 15 is 0 Å². The second-order valence-corrected chi connectivity index (χ2v) is 5.68. The summed E-state index contributed by atoms with van der Waals surface area (Å²) < 4.78 is 5.63. The van der Waals surface area contributed by atoms with Gasteiger partial charge in [0.05, 0.1) is 11.7 Å². The average molecular weight is 274 g/mol. The third-order valence-corrected chi connectivity index (χ3v) is 4.43. The van der Waals surface area contributed by atoms with Gasteiger partial charge >= 0.3 is 0 Å². The van der Waals surface area contributed by atoms with Crippen LogP contribution in [0.2, 0.25) is 0 Å². The monoisotopic (exact) mass is 274 g/mol. The highest BCUT2D eigenvalue weighted by Crippen LogP contribution is 2.31. The first-order chi connectivity index (χ1) is 9.38. The molecule has 1 saturated heterocycles. The lowest BCUT2D eigenvalue weighted by molar-refractivity contribution is 0.136. The maximum Gasteiger partial charge on any atom is 0.134 e. The first-order valence-electron chi connectivity index (χ1n) is 6.65. The summed E-state index contributed by atoms with van der Waals surface area (Å²) in [5, 5.41) is 6.69. The van der Waals surface area contributed by atoms with Crippen LogP contribution in [-0.4, -0.2) is 18.6 Å².